The Morgan fingerprint density at radius 3 is 2.36 bits per heavy atom. The third kappa shape index (κ3) is 2.94. The molecule has 0 saturated heterocycles. The second kappa shape index (κ2) is 6.32. The summed E-state index contributed by atoms with van der Waals surface area (Å²) in [5.41, 5.74) is 2.31. The van der Waals surface area contributed by atoms with Gasteiger partial charge in [-0.2, -0.15) is 4.39 Å². The standard InChI is InChI=1S/C21H13F2NO/c22-17-10-6-12-19(20(17)23)25-21-16(14-7-2-1-3-8-14)13-15-9-4-5-11-18(15)24-21/h1-13H. The molecule has 0 N–H and O–H groups in total. The highest BCUT2D eigenvalue weighted by molar-refractivity contribution is 5.86. The fourth-order valence-corrected chi connectivity index (χ4v) is 2.67. The number of ether oxygens (including phenoxy) is 1. The Balaban J connectivity index is 1.90. The SMILES string of the molecule is Fc1cccc(Oc2nc3ccccc3cc2-c2ccccc2)c1F. The van der Waals surface area contributed by atoms with Crippen molar-refractivity contribution in [2.24, 2.45) is 0 Å². The first kappa shape index (κ1) is 15.3. The summed E-state index contributed by atoms with van der Waals surface area (Å²) in [6.07, 6.45) is 0. The van der Waals surface area contributed by atoms with Crippen molar-refractivity contribution in [2.45, 2.75) is 0 Å². The van der Waals surface area contributed by atoms with E-state index in [4.69, 9.17) is 4.74 Å². The molecule has 0 aliphatic heterocycles. The summed E-state index contributed by atoms with van der Waals surface area (Å²) in [4.78, 5) is 4.51. The van der Waals surface area contributed by atoms with Crippen LogP contribution in [0.3, 0.4) is 0 Å². The molecule has 0 bridgehead atoms. The molecular formula is C21H13F2NO. The molecule has 4 heteroatoms. The number of fused-ring (bicyclic) bond motifs is 1. The van der Waals surface area contributed by atoms with Gasteiger partial charge in [0.15, 0.2) is 11.6 Å². The van der Waals surface area contributed by atoms with E-state index in [1.807, 2.05) is 60.7 Å². The molecule has 0 spiro atoms. The molecule has 2 nitrogen and oxygen atoms in total. The van der Waals surface area contributed by atoms with Crippen LogP contribution in [0.1, 0.15) is 0 Å². The van der Waals surface area contributed by atoms with Gasteiger partial charge in [-0.3, -0.25) is 0 Å². The van der Waals surface area contributed by atoms with Crippen molar-refractivity contribution >= 4 is 10.9 Å². The quantitative estimate of drug-likeness (QED) is 0.460. The van der Waals surface area contributed by atoms with Crippen molar-refractivity contribution < 1.29 is 13.5 Å². The first-order chi connectivity index (χ1) is 12.2. The molecule has 4 rings (SSSR count). The zero-order valence-corrected chi connectivity index (χ0v) is 13.1. The first-order valence-corrected chi connectivity index (χ1v) is 7.79. The van der Waals surface area contributed by atoms with Gasteiger partial charge in [0.2, 0.25) is 11.7 Å². The van der Waals surface area contributed by atoms with Crippen molar-refractivity contribution in [3.05, 3.63) is 90.5 Å². The molecule has 0 atom stereocenters. The van der Waals surface area contributed by atoms with Crippen LogP contribution in [-0.2, 0) is 0 Å². The number of halogens is 2. The van der Waals surface area contributed by atoms with E-state index in [-0.39, 0.29) is 11.6 Å². The summed E-state index contributed by atoms with van der Waals surface area (Å²) in [5.74, 6) is -1.95. The van der Waals surface area contributed by atoms with Crippen LogP contribution in [0.2, 0.25) is 0 Å². The Kier molecular flexibility index (Phi) is 3.86. The second-order valence-corrected chi connectivity index (χ2v) is 5.55. The third-order valence-electron chi connectivity index (χ3n) is 3.90. The summed E-state index contributed by atoms with van der Waals surface area (Å²) < 4.78 is 33.1. The summed E-state index contributed by atoms with van der Waals surface area (Å²) in [7, 11) is 0. The van der Waals surface area contributed by atoms with Crippen molar-refractivity contribution in [1.82, 2.24) is 4.98 Å². The Morgan fingerprint density at radius 2 is 1.52 bits per heavy atom. The van der Waals surface area contributed by atoms with Gasteiger partial charge in [0.25, 0.3) is 0 Å². The van der Waals surface area contributed by atoms with Gasteiger partial charge in [0.05, 0.1) is 5.52 Å². The van der Waals surface area contributed by atoms with Crippen LogP contribution in [0, 0.1) is 11.6 Å². The minimum atomic E-state index is -1.03. The van der Waals surface area contributed by atoms with Crippen LogP contribution >= 0.6 is 0 Å². The van der Waals surface area contributed by atoms with Crippen LogP contribution in [-0.4, -0.2) is 4.98 Å². The molecule has 122 valence electrons. The largest absolute Gasteiger partial charge is 0.435 e. The van der Waals surface area contributed by atoms with Crippen molar-refractivity contribution in [3.63, 3.8) is 0 Å². The summed E-state index contributed by atoms with van der Waals surface area (Å²) in [6.45, 7) is 0. The van der Waals surface area contributed by atoms with Gasteiger partial charge in [-0.15, -0.1) is 0 Å². The van der Waals surface area contributed by atoms with E-state index in [1.54, 1.807) is 0 Å². The molecule has 25 heavy (non-hydrogen) atoms. The highest BCUT2D eigenvalue weighted by Crippen LogP contribution is 2.35. The van der Waals surface area contributed by atoms with Gasteiger partial charge in [-0.25, -0.2) is 9.37 Å². The molecule has 0 fully saturated rings. The molecule has 0 aliphatic carbocycles. The molecular weight excluding hydrogens is 320 g/mol. The van der Waals surface area contributed by atoms with Gasteiger partial charge in [-0.1, -0.05) is 54.6 Å². The van der Waals surface area contributed by atoms with Crippen molar-refractivity contribution in [2.75, 3.05) is 0 Å². The Hall–Kier alpha value is -3.27. The van der Waals surface area contributed by atoms with E-state index in [2.05, 4.69) is 4.98 Å². The van der Waals surface area contributed by atoms with Crippen LogP contribution in [0.4, 0.5) is 8.78 Å². The molecule has 0 aliphatic rings. The molecule has 3 aromatic carbocycles. The van der Waals surface area contributed by atoms with Gasteiger partial charge < -0.3 is 4.74 Å². The topological polar surface area (TPSA) is 22.1 Å². The van der Waals surface area contributed by atoms with Crippen molar-refractivity contribution in [1.29, 1.82) is 0 Å². The lowest BCUT2D eigenvalue weighted by atomic mass is 10.0. The molecule has 1 aromatic heterocycles. The van der Waals surface area contributed by atoms with Gasteiger partial charge in [0.1, 0.15) is 0 Å². The lowest BCUT2D eigenvalue weighted by Crippen LogP contribution is -1.96. The average Bonchev–Trinajstić information content (AvgIpc) is 2.65. The van der Waals surface area contributed by atoms with E-state index in [9.17, 15) is 8.78 Å². The van der Waals surface area contributed by atoms with Crippen molar-refractivity contribution in [3.8, 4) is 22.8 Å². The smallest absolute Gasteiger partial charge is 0.227 e. The number of pyridine rings is 1. The zero-order valence-electron chi connectivity index (χ0n) is 13.1. The minimum absolute atomic E-state index is 0.194. The van der Waals surface area contributed by atoms with Gasteiger partial charge >= 0.3 is 0 Å². The highest BCUT2D eigenvalue weighted by atomic mass is 19.2. The van der Waals surface area contributed by atoms with Crippen LogP contribution in [0.5, 0.6) is 11.6 Å². The molecule has 0 radical (unpaired) electrons. The number of para-hydroxylation sites is 1. The summed E-state index contributed by atoms with van der Waals surface area (Å²) >= 11 is 0. The third-order valence-corrected chi connectivity index (χ3v) is 3.90. The number of aromatic nitrogens is 1. The van der Waals surface area contributed by atoms with Gasteiger partial charge in [0, 0.05) is 10.9 Å². The Labute approximate surface area is 143 Å². The molecule has 0 unspecified atom stereocenters. The number of hydrogen-bond donors (Lipinski definition) is 0. The predicted octanol–water partition coefficient (Wildman–Crippen LogP) is 5.97. The molecule has 0 amide bonds. The minimum Gasteiger partial charge on any atom is -0.435 e. The van der Waals surface area contributed by atoms with E-state index < -0.39 is 11.6 Å². The zero-order chi connectivity index (χ0) is 17.2. The number of benzene rings is 3. The fourth-order valence-electron chi connectivity index (χ4n) is 2.67. The average molecular weight is 333 g/mol. The van der Waals surface area contributed by atoms with E-state index in [0.29, 0.717) is 11.1 Å². The maximum absolute atomic E-state index is 14.0. The lowest BCUT2D eigenvalue weighted by molar-refractivity contribution is 0.408. The lowest BCUT2D eigenvalue weighted by Gasteiger charge is -2.12. The second-order valence-electron chi connectivity index (χ2n) is 5.55. The summed E-state index contributed by atoms with van der Waals surface area (Å²) in [6, 6.07) is 22.9. The maximum Gasteiger partial charge on any atom is 0.227 e. The Morgan fingerprint density at radius 1 is 0.760 bits per heavy atom. The van der Waals surface area contributed by atoms with Crippen LogP contribution < -0.4 is 4.74 Å². The number of hydrogen-bond acceptors (Lipinski definition) is 2. The summed E-state index contributed by atoms with van der Waals surface area (Å²) in [5, 5.41) is 0.938. The van der Waals surface area contributed by atoms with Crippen LogP contribution in [0.15, 0.2) is 78.9 Å². The monoisotopic (exact) mass is 333 g/mol. The normalized spacial score (nSPS) is 10.8. The Bertz CT molecular complexity index is 1050. The van der Waals surface area contributed by atoms with Crippen LogP contribution in [0.25, 0.3) is 22.0 Å². The fraction of sp³-hybridized carbons (Fsp3) is 0. The number of rotatable bonds is 3. The maximum atomic E-state index is 14.0. The van der Waals surface area contributed by atoms with E-state index >= 15 is 0 Å². The first-order valence-electron chi connectivity index (χ1n) is 7.79. The van der Waals surface area contributed by atoms with E-state index in [1.165, 1.54) is 12.1 Å². The van der Waals surface area contributed by atoms with E-state index in [0.717, 1.165) is 17.0 Å². The number of nitrogens with zero attached hydrogens (tertiary/aromatic N) is 1. The molecule has 0 saturated carbocycles. The van der Waals surface area contributed by atoms with Gasteiger partial charge in [-0.05, 0) is 29.8 Å². The molecule has 1 heterocycles. The predicted molar refractivity (Wildman–Crippen MR) is 93.6 cm³/mol. The molecule has 4 aromatic rings. The highest BCUT2D eigenvalue weighted by Gasteiger charge is 2.15.